The van der Waals surface area contributed by atoms with Crippen molar-refractivity contribution in [2.24, 2.45) is 0 Å². The third kappa shape index (κ3) is 3.74. The molecule has 2 aromatic carbocycles. The largest absolute Gasteiger partial charge is 0.482 e. The maximum atomic E-state index is 11.9. The fourth-order valence-corrected chi connectivity index (χ4v) is 2.03. The van der Waals surface area contributed by atoms with Gasteiger partial charge in [-0.2, -0.15) is 0 Å². The van der Waals surface area contributed by atoms with Crippen LogP contribution in [-0.4, -0.2) is 12.5 Å². The van der Waals surface area contributed by atoms with Crippen molar-refractivity contribution in [2.45, 2.75) is 6.92 Å². The summed E-state index contributed by atoms with van der Waals surface area (Å²) in [5.41, 5.74) is 8.00. The number of halogens is 1. The molecule has 0 fully saturated rings. The van der Waals surface area contributed by atoms with Gasteiger partial charge in [-0.3, -0.25) is 4.79 Å². The number of hydrogen-bond acceptors (Lipinski definition) is 3. The summed E-state index contributed by atoms with van der Waals surface area (Å²) in [4.78, 5) is 11.9. The molecule has 20 heavy (non-hydrogen) atoms. The van der Waals surface area contributed by atoms with Crippen molar-refractivity contribution in [3.05, 3.63) is 52.5 Å². The Bertz CT molecular complexity index is 629. The Balaban J connectivity index is 1.96. The molecule has 3 N–H and O–H groups in total. The second-order valence-corrected chi connectivity index (χ2v) is 5.25. The number of ether oxygens (including phenoxy) is 1. The Morgan fingerprint density at radius 1 is 1.30 bits per heavy atom. The van der Waals surface area contributed by atoms with Crippen LogP contribution in [0.1, 0.15) is 5.56 Å². The molecular weight excluding hydrogens is 320 g/mol. The molecule has 104 valence electrons. The molecular formula is C15H15BrN2O2. The fourth-order valence-electron chi connectivity index (χ4n) is 1.67. The number of anilines is 2. The van der Waals surface area contributed by atoms with E-state index in [-0.39, 0.29) is 12.5 Å². The Hall–Kier alpha value is -2.01. The number of para-hydroxylation sites is 2. The van der Waals surface area contributed by atoms with Crippen LogP contribution in [0, 0.1) is 6.92 Å². The number of carbonyl (C=O) groups excluding carboxylic acids is 1. The van der Waals surface area contributed by atoms with Crippen molar-refractivity contribution in [1.29, 1.82) is 0 Å². The van der Waals surface area contributed by atoms with Gasteiger partial charge in [-0.25, -0.2) is 0 Å². The molecule has 0 aliphatic heterocycles. The highest BCUT2D eigenvalue weighted by molar-refractivity contribution is 9.10. The highest BCUT2D eigenvalue weighted by Crippen LogP contribution is 2.21. The van der Waals surface area contributed by atoms with Gasteiger partial charge in [0.15, 0.2) is 6.61 Å². The van der Waals surface area contributed by atoms with Gasteiger partial charge >= 0.3 is 0 Å². The number of hydrogen-bond donors (Lipinski definition) is 2. The molecule has 0 aliphatic rings. The quantitative estimate of drug-likeness (QED) is 0.842. The third-order valence-corrected chi connectivity index (χ3v) is 3.24. The molecule has 0 aromatic heterocycles. The van der Waals surface area contributed by atoms with E-state index in [2.05, 4.69) is 21.2 Å². The first kappa shape index (κ1) is 14.4. The van der Waals surface area contributed by atoms with Crippen LogP contribution < -0.4 is 15.8 Å². The molecule has 0 saturated heterocycles. The second-order valence-electron chi connectivity index (χ2n) is 4.33. The van der Waals surface area contributed by atoms with Crippen LogP contribution >= 0.6 is 15.9 Å². The van der Waals surface area contributed by atoms with Crippen LogP contribution in [0.25, 0.3) is 0 Å². The standard InChI is InChI=1S/C15H15BrN2O2/c1-10-6-7-11(16)8-13(10)18-15(19)9-20-14-5-3-2-4-12(14)17/h2-8H,9,17H2,1H3,(H,18,19). The maximum Gasteiger partial charge on any atom is 0.262 e. The Kier molecular flexibility index (Phi) is 4.63. The minimum atomic E-state index is -0.227. The monoisotopic (exact) mass is 334 g/mol. The van der Waals surface area contributed by atoms with Crippen molar-refractivity contribution in [3.63, 3.8) is 0 Å². The van der Waals surface area contributed by atoms with E-state index in [1.54, 1.807) is 12.1 Å². The van der Waals surface area contributed by atoms with E-state index in [9.17, 15) is 4.79 Å². The molecule has 0 bridgehead atoms. The van der Waals surface area contributed by atoms with Gasteiger partial charge in [0.2, 0.25) is 0 Å². The van der Waals surface area contributed by atoms with Gasteiger partial charge in [0.25, 0.3) is 5.91 Å². The molecule has 0 saturated carbocycles. The summed E-state index contributed by atoms with van der Waals surface area (Å²) >= 11 is 3.37. The Labute approximate surface area is 126 Å². The van der Waals surface area contributed by atoms with Crippen LogP contribution in [0.15, 0.2) is 46.9 Å². The molecule has 1 amide bonds. The molecule has 2 rings (SSSR count). The Morgan fingerprint density at radius 2 is 2.05 bits per heavy atom. The SMILES string of the molecule is Cc1ccc(Br)cc1NC(=O)COc1ccccc1N. The van der Waals surface area contributed by atoms with Gasteiger partial charge in [-0.15, -0.1) is 0 Å². The van der Waals surface area contributed by atoms with Gasteiger partial charge in [0.05, 0.1) is 5.69 Å². The number of carbonyl (C=O) groups is 1. The zero-order valence-corrected chi connectivity index (χ0v) is 12.6. The number of nitrogens with two attached hydrogens (primary N) is 1. The molecule has 0 aliphatic carbocycles. The lowest BCUT2D eigenvalue weighted by Gasteiger charge is -2.11. The lowest BCUT2D eigenvalue weighted by molar-refractivity contribution is -0.118. The molecule has 0 heterocycles. The van der Waals surface area contributed by atoms with Crippen LogP contribution in [0.4, 0.5) is 11.4 Å². The molecule has 0 atom stereocenters. The molecule has 4 nitrogen and oxygen atoms in total. The number of benzene rings is 2. The van der Waals surface area contributed by atoms with Gasteiger partial charge in [0.1, 0.15) is 5.75 Å². The summed E-state index contributed by atoms with van der Waals surface area (Å²) in [5, 5.41) is 2.81. The van der Waals surface area contributed by atoms with E-state index in [0.29, 0.717) is 11.4 Å². The summed E-state index contributed by atoms with van der Waals surface area (Å²) in [7, 11) is 0. The number of nitrogen functional groups attached to an aromatic ring is 1. The minimum Gasteiger partial charge on any atom is -0.482 e. The molecule has 0 unspecified atom stereocenters. The average molecular weight is 335 g/mol. The van der Waals surface area contributed by atoms with Gasteiger partial charge in [0, 0.05) is 10.2 Å². The zero-order chi connectivity index (χ0) is 14.5. The van der Waals surface area contributed by atoms with E-state index in [0.717, 1.165) is 15.7 Å². The predicted octanol–water partition coefficient (Wildman–Crippen LogP) is 3.36. The number of amides is 1. The van der Waals surface area contributed by atoms with Gasteiger partial charge in [-0.05, 0) is 36.8 Å². The number of aryl methyl sites for hydroxylation is 1. The second kappa shape index (κ2) is 6.43. The number of nitrogens with one attached hydrogen (secondary N) is 1. The van der Waals surface area contributed by atoms with E-state index in [4.69, 9.17) is 10.5 Å². The molecule has 0 spiro atoms. The minimum absolute atomic E-state index is 0.0832. The average Bonchev–Trinajstić information content (AvgIpc) is 2.42. The lowest BCUT2D eigenvalue weighted by Crippen LogP contribution is -2.21. The van der Waals surface area contributed by atoms with Crippen molar-refractivity contribution < 1.29 is 9.53 Å². The van der Waals surface area contributed by atoms with Crippen molar-refractivity contribution in [3.8, 4) is 5.75 Å². The third-order valence-electron chi connectivity index (χ3n) is 2.75. The van der Waals surface area contributed by atoms with Crippen molar-refractivity contribution in [2.75, 3.05) is 17.7 Å². The normalized spacial score (nSPS) is 10.1. The number of rotatable bonds is 4. The van der Waals surface area contributed by atoms with Gasteiger partial charge < -0.3 is 15.8 Å². The van der Waals surface area contributed by atoms with Crippen LogP contribution in [0.3, 0.4) is 0 Å². The summed E-state index contributed by atoms with van der Waals surface area (Å²) < 4.78 is 6.30. The first-order valence-electron chi connectivity index (χ1n) is 6.09. The van der Waals surface area contributed by atoms with Crippen LogP contribution in [-0.2, 0) is 4.79 Å². The predicted molar refractivity (Wildman–Crippen MR) is 83.9 cm³/mol. The highest BCUT2D eigenvalue weighted by atomic mass is 79.9. The summed E-state index contributed by atoms with van der Waals surface area (Å²) in [5.74, 6) is 0.281. The highest BCUT2D eigenvalue weighted by Gasteiger charge is 2.07. The lowest BCUT2D eigenvalue weighted by atomic mass is 10.2. The van der Waals surface area contributed by atoms with E-state index in [1.807, 2.05) is 37.3 Å². The van der Waals surface area contributed by atoms with Crippen LogP contribution in [0.5, 0.6) is 5.75 Å². The topological polar surface area (TPSA) is 64.3 Å². The smallest absolute Gasteiger partial charge is 0.262 e. The van der Waals surface area contributed by atoms with Gasteiger partial charge in [-0.1, -0.05) is 34.1 Å². The summed E-state index contributed by atoms with van der Waals surface area (Å²) in [6, 6.07) is 12.8. The van der Waals surface area contributed by atoms with E-state index < -0.39 is 0 Å². The fraction of sp³-hybridized carbons (Fsp3) is 0.133. The van der Waals surface area contributed by atoms with E-state index in [1.165, 1.54) is 0 Å². The zero-order valence-electron chi connectivity index (χ0n) is 11.0. The van der Waals surface area contributed by atoms with Crippen molar-refractivity contribution in [1.82, 2.24) is 0 Å². The summed E-state index contributed by atoms with van der Waals surface area (Å²) in [6.07, 6.45) is 0. The summed E-state index contributed by atoms with van der Waals surface area (Å²) in [6.45, 7) is 1.85. The molecule has 5 heteroatoms. The maximum absolute atomic E-state index is 11.9. The van der Waals surface area contributed by atoms with Crippen molar-refractivity contribution >= 4 is 33.2 Å². The molecule has 2 aromatic rings. The van der Waals surface area contributed by atoms with Crippen LogP contribution in [0.2, 0.25) is 0 Å². The first-order valence-corrected chi connectivity index (χ1v) is 6.89. The molecule has 0 radical (unpaired) electrons. The Morgan fingerprint density at radius 3 is 2.80 bits per heavy atom. The van der Waals surface area contributed by atoms with E-state index >= 15 is 0 Å². The first-order chi connectivity index (χ1) is 9.56.